The molecule has 1 saturated heterocycles. The average molecular weight is 436 g/mol. The lowest BCUT2D eigenvalue weighted by Gasteiger charge is -2.34. The van der Waals surface area contributed by atoms with Gasteiger partial charge in [-0.1, -0.05) is 23.2 Å². The lowest BCUT2D eigenvalue weighted by Crippen LogP contribution is -2.50. The minimum Gasteiger partial charge on any atom is -0.462 e. The summed E-state index contributed by atoms with van der Waals surface area (Å²) in [5, 5.41) is 3.23. The van der Waals surface area contributed by atoms with E-state index in [4.69, 9.17) is 27.6 Å². The van der Waals surface area contributed by atoms with E-state index in [9.17, 15) is 9.59 Å². The molecule has 0 saturated carbocycles. The van der Waals surface area contributed by atoms with Gasteiger partial charge in [0.1, 0.15) is 5.69 Å². The van der Waals surface area contributed by atoms with Gasteiger partial charge < -0.3 is 14.2 Å². The Morgan fingerprint density at radius 1 is 1.00 bits per heavy atom. The molecule has 28 heavy (non-hydrogen) atoms. The molecule has 6 nitrogen and oxygen atoms in total. The summed E-state index contributed by atoms with van der Waals surface area (Å²) < 4.78 is 5.32. The van der Waals surface area contributed by atoms with Gasteiger partial charge in [0.2, 0.25) is 0 Å². The standard InChI is InChI=1S/C19H15Cl2N3O3S/c20-13-8-12(9-14(21)10-13)18(25)23-3-5-24(6-4-23)19(26)15-11-28-17(22-15)16-2-1-7-27-16/h1-2,7-11H,3-6H2. The Morgan fingerprint density at radius 2 is 1.64 bits per heavy atom. The SMILES string of the molecule is O=C(c1cc(Cl)cc(Cl)c1)N1CCN(C(=O)c2csc(-c3ccco3)n2)CC1. The van der Waals surface area contributed by atoms with Crippen molar-refractivity contribution in [1.82, 2.24) is 14.8 Å². The van der Waals surface area contributed by atoms with E-state index in [0.717, 1.165) is 0 Å². The molecule has 1 fully saturated rings. The summed E-state index contributed by atoms with van der Waals surface area (Å²) in [6.07, 6.45) is 1.57. The van der Waals surface area contributed by atoms with E-state index < -0.39 is 0 Å². The van der Waals surface area contributed by atoms with Crippen LogP contribution >= 0.6 is 34.5 Å². The highest BCUT2D eigenvalue weighted by Gasteiger charge is 2.27. The first-order valence-electron chi connectivity index (χ1n) is 8.55. The molecule has 0 N–H and O–H groups in total. The normalized spacial score (nSPS) is 14.4. The van der Waals surface area contributed by atoms with Gasteiger partial charge in [-0.3, -0.25) is 9.59 Å². The molecule has 9 heteroatoms. The van der Waals surface area contributed by atoms with Crippen molar-refractivity contribution in [2.24, 2.45) is 0 Å². The Labute approximate surface area is 175 Å². The molecule has 2 aromatic heterocycles. The number of halogens is 2. The fourth-order valence-electron chi connectivity index (χ4n) is 3.02. The first kappa shape index (κ1) is 19.0. The highest BCUT2D eigenvalue weighted by molar-refractivity contribution is 7.13. The number of hydrogen-bond donors (Lipinski definition) is 0. The molecule has 0 aliphatic carbocycles. The number of rotatable bonds is 3. The van der Waals surface area contributed by atoms with Crippen molar-refractivity contribution in [3.63, 3.8) is 0 Å². The lowest BCUT2D eigenvalue weighted by molar-refractivity contribution is 0.0533. The first-order valence-corrected chi connectivity index (χ1v) is 10.2. The largest absolute Gasteiger partial charge is 0.462 e. The van der Waals surface area contributed by atoms with Crippen LogP contribution in [0.5, 0.6) is 0 Å². The van der Waals surface area contributed by atoms with Crippen LogP contribution in [0, 0.1) is 0 Å². The molecule has 0 spiro atoms. The van der Waals surface area contributed by atoms with E-state index in [1.165, 1.54) is 11.3 Å². The number of thiazole rings is 1. The van der Waals surface area contributed by atoms with Crippen LogP contribution < -0.4 is 0 Å². The predicted octanol–water partition coefficient (Wildman–Crippen LogP) is 4.31. The van der Waals surface area contributed by atoms with E-state index >= 15 is 0 Å². The van der Waals surface area contributed by atoms with Crippen LogP contribution in [0.3, 0.4) is 0 Å². The van der Waals surface area contributed by atoms with E-state index in [1.807, 2.05) is 0 Å². The van der Waals surface area contributed by atoms with E-state index in [2.05, 4.69) is 4.98 Å². The summed E-state index contributed by atoms with van der Waals surface area (Å²) in [4.78, 5) is 33.2. The lowest BCUT2D eigenvalue weighted by atomic mass is 10.1. The second-order valence-electron chi connectivity index (χ2n) is 6.26. The van der Waals surface area contributed by atoms with E-state index in [1.54, 1.807) is 51.8 Å². The predicted molar refractivity (Wildman–Crippen MR) is 108 cm³/mol. The monoisotopic (exact) mass is 435 g/mol. The van der Waals surface area contributed by atoms with Crippen molar-refractivity contribution in [2.45, 2.75) is 0 Å². The maximum absolute atomic E-state index is 12.7. The van der Waals surface area contributed by atoms with Gasteiger partial charge in [0, 0.05) is 47.2 Å². The second kappa shape index (κ2) is 7.95. The minimum atomic E-state index is -0.148. The number of amides is 2. The Kier molecular flexibility index (Phi) is 5.39. The highest BCUT2D eigenvalue weighted by Crippen LogP contribution is 2.25. The van der Waals surface area contributed by atoms with Crippen LogP contribution in [0.15, 0.2) is 46.4 Å². The first-order chi connectivity index (χ1) is 13.5. The number of nitrogens with zero attached hydrogens (tertiary/aromatic N) is 3. The Balaban J connectivity index is 1.40. The summed E-state index contributed by atoms with van der Waals surface area (Å²) >= 11 is 13.3. The zero-order valence-electron chi connectivity index (χ0n) is 14.6. The zero-order chi connectivity index (χ0) is 19.7. The van der Waals surface area contributed by atoms with E-state index in [-0.39, 0.29) is 11.8 Å². The Bertz CT molecular complexity index is 991. The zero-order valence-corrected chi connectivity index (χ0v) is 16.9. The van der Waals surface area contributed by atoms with Gasteiger partial charge in [0.15, 0.2) is 10.8 Å². The van der Waals surface area contributed by atoms with Crippen molar-refractivity contribution in [2.75, 3.05) is 26.2 Å². The molecule has 144 valence electrons. The Morgan fingerprint density at radius 3 is 2.25 bits per heavy atom. The van der Waals surface area contributed by atoms with Crippen molar-refractivity contribution in [1.29, 1.82) is 0 Å². The maximum Gasteiger partial charge on any atom is 0.273 e. The van der Waals surface area contributed by atoms with Gasteiger partial charge in [0.05, 0.1) is 6.26 Å². The Hall–Kier alpha value is -2.35. The van der Waals surface area contributed by atoms with Crippen molar-refractivity contribution < 1.29 is 14.0 Å². The molecule has 1 aliphatic heterocycles. The van der Waals surface area contributed by atoms with Crippen LogP contribution in [0.25, 0.3) is 10.8 Å². The van der Waals surface area contributed by atoms with Crippen LogP contribution in [0.2, 0.25) is 10.0 Å². The minimum absolute atomic E-state index is 0.146. The second-order valence-corrected chi connectivity index (χ2v) is 7.99. The summed E-state index contributed by atoms with van der Waals surface area (Å²) in [7, 11) is 0. The molecule has 3 aromatic rings. The summed E-state index contributed by atoms with van der Waals surface area (Å²) in [5.74, 6) is 0.344. The van der Waals surface area contributed by atoms with E-state index in [0.29, 0.717) is 58.2 Å². The van der Waals surface area contributed by atoms with Gasteiger partial charge in [-0.2, -0.15) is 0 Å². The molecule has 0 bridgehead atoms. The van der Waals surface area contributed by atoms with Crippen molar-refractivity contribution >= 4 is 46.4 Å². The van der Waals surface area contributed by atoms with Gasteiger partial charge >= 0.3 is 0 Å². The number of hydrogen-bond acceptors (Lipinski definition) is 5. The molecule has 1 aliphatic rings. The van der Waals surface area contributed by atoms with Gasteiger partial charge in [-0.15, -0.1) is 11.3 Å². The van der Waals surface area contributed by atoms with Gasteiger partial charge in [-0.05, 0) is 30.3 Å². The molecule has 0 radical (unpaired) electrons. The third-order valence-corrected chi connectivity index (χ3v) is 5.71. The molecule has 4 rings (SSSR count). The number of aromatic nitrogens is 1. The van der Waals surface area contributed by atoms with Crippen LogP contribution in [-0.2, 0) is 0 Å². The number of carbonyl (C=O) groups excluding carboxylic acids is 2. The summed E-state index contributed by atoms with van der Waals surface area (Å²) in [6.45, 7) is 1.74. The average Bonchev–Trinajstić information content (AvgIpc) is 3.38. The third kappa shape index (κ3) is 3.92. The number of carbonyl (C=O) groups is 2. The summed E-state index contributed by atoms with van der Waals surface area (Å²) in [6, 6.07) is 8.36. The molecular weight excluding hydrogens is 421 g/mol. The van der Waals surface area contributed by atoms with Crippen LogP contribution in [0.1, 0.15) is 20.8 Å². The number of piperazine rings is 1. The quantitative estimate of drug-likeness (QED) is 0.614. The fourth-order valence-corrected chi connectivity index (χ4v) is 4.31. The molecular formula is C19H15Cl2N3O3S. The number of furan rings is 1. The molecule has 0 unspecified atom stereocenters. The molecule has 3 heterocycles. The van der Waals surface area contributed by atoms with Crippen molar-refractivity contribution in [3.8, 4) is 10.8 Å². The van der Waals surface area contributed by atoms with Gasteiger partial charge in [0.25, 0.3) is 11.8 Å². The maximum atomic E-state index is 12.7. The molecule has 1 aromatic carbocycles. The van der Waals surface area contributed by atoms with Crippen molar-refractivity contribution in [3.05, 3.63) is 63.3 Å². The topological polar surface area (TPSA) is 66.7 Å². The molecule has 0 atom stereocenters. The number of benzene rings is 1. The smallest absolute Gasteiger partial charge is 0.273 e. The molecule has 2 amide bonds. The highest BCUT2D eigenvalue weighted by atomic mass is 35.5. The fraction of sp³-hybridized carbons (Fsp3) is 0.211. The van der Waals surface area contributed by atoms with Crippen LogP contribution in [-0.4, -0.2) is 52.8 Å². The van der Waals surface area contributed by atoms with Gasteiger partial charge in [-0.25, -0.2) is 4.98 Å². The third-order valence-electron chi connectivity index (χ3n) is 4.42. The summed E-state index contributed by atoms with van der Waals surface area (Å²) in [5.41, 5.74) is 0.831. The van der Waals surface area contributed by atoms with Crippen LogP contribution in [0.4, 0.5) is 0 Å².